The Labute approximate surface area is 117 Å². The SMILES string of the molecule is COCC1CCN(C(=O)Nc2cccc(C(=O)O)c2)C1. The predicted octanol–water partition coefficient (Wildman–Crippen LogP) is 1.89. The zero-order valence-corrected chi connectivity index (χ0v) is 11.3. The summed E-state index contributed by atoms with van der Waals surface area (Å²) < 4.78 is 5.09. The summed E-state index contributed by atoms with van der Waals surface area (Å²) in [5.41, 5.74) is 0.645. The molecule has 1 saturated heterocycles. The maximum absolute atomic E-state index is 12.1. The number of nitrogens with one attached hydrogen (secondary N) is 1. The lowest BCUT2D eigenvalue weighted by Crippen LogP contribution is -2.33. The summed E-state index contributed by atoms with van der Waals surface area (Å²) in [4.78, 5) is 24.7. The van der Waals surface area contributed by atoms with E-state index >= 15 is 0 Å². The van der Waals surface area contributed by atoms with Gasteiger partial charge in [0.15, 0.2) is 0 Å². The molecule has 0 aliphatic carbocycles. The first kappa shape index (κ1) is 14.3. The van der Waals surface area contributed by atoms with Gasteiger partial charge in [0, 0.05) is 31.8 Å². The van der Waals surface area contributed by atoms with Gasteiger partial charge in [-0.05, 0) is 24.6 Å². The fourth-order valence-corrected chi connectivity index (χ4v) is 2.32. The van der Waals surface area contributed by atoms with Crippen LogP contribution in [0.4, 0.5) is 10.5 Å². The normalized spacial score (nSPS) is 18.1. The molecule has 1 heterocycles. The highest BCUT2D eigenvalue weighted by molar-refractivity contribution is 5.93. The van der Waals surface area contributed by atoms with E-state index in [0.29, 0.717) is 31.3 Å². The number of anilines is 1. The average molecular weight is 278 g/mol. The van der Waals surface area contributed by atoms with Crippen LogP contribution in [0.15, 0.2) is 24.3 Å². The molecule has 0 bridgehead atoms. The number of carboxylic acid groups (broad SMARTS) is 1. The van der Waals surface area contributed by atoms with E-state index in [1.807, 2.05) is 0 Å². The molecule has 0 aromatic heterocycles. The molecule has 6 nitrogen and oxygen atoms in total. The van der Waals surface area contributed by atoms with Gasteiger partial charge < -0.3 is 20.1 Å². The third kappa shape index (κ3) is 3.48. The van der Waals surface area contributed by atoms with Crippen molar-refractivity contribution in [3.8, 4) is 0 Å². The van der Waals surface area contributed by atoms with E-state index in [2.05, 4.69) is 5.32 Å². The molecule has 0 saturated carbocycles. The van der Waals surface area contributed by atoms with Gasteiger partial charge in [0.2, 0.25) is 0 Å². The zero-order valence-electron chi connectivity index (χ0n) is 11.3. The van der Waals surface area contributed by atoms with Crippen molar-refractivity contribution in [3.63, 3.8) is 0 Å². The molecular formula is C14H18N2O4. The minimum Gasteiger partial charge on any atom is -0.478 e. The number of carbonyl (C=O) groups is 2. The number of carbonyl (C=O) groups excluding carboxylic acids is 1. The summed E-state index contributed by atoms with van der Waals surface area (Å²) in [5.74, 6) is -0.640. The van der Waals surface area contributed by atoms with E-state index in [1.54, 1.807) is 24.1 Å². The molecule has 1 fully saturated rings. The van der Waals surface area contributed by atoms with Gasteiger partial charge in [-0.25, -0.2) is 9.59 Å². The lowest BCUT2D eigenvalue weighted by atomic mass is 10.1. The van der Waals surface area contributed by atoms with Crippen LogP contribution in [-0.2, 0) is 4.74 Å². The van der Waals surface area contributed by atoms with Gasteiger partial charge >= 0.3 is 12.0 Å². The van der Waals surface area contributed by atoms with Crippen molar-refractivity contribution in [2.75, 3.05) is 32.1 Å². The van der Waals surface area contributed by atoms with Crippen LogP contribution in [0.5, 0.6) is 0 Å². The van der Waals surface area contributed by atoms with Gasteiger partial charge in [0.05, 0.1) is 12.2 Å². The lowest BCUT2D eigenvalue weighted by molar-refractivity contribution is 0.0697. The lowest BCUT2D eigenvalue weighted by Gasteiger charge is -2.17. The van der Waals surface area contributed by atoms with Crippen LogP contribution in [0, 0.1) is 5.92 Å². The minimum absolute atomic E-state index is 0.154. The van der Waals surface area contributed by atoms with E-state index in [1.165, 1.54) is 12.1 Å². The number of urea groups is 1. The van der Waals surface area contributed by atoms with E-state index in [9.17, 15) is 9.59 Å². The summed E-state index contributed by atoms with van der Waals surface area (Å²) in [6.45, 7) is 2.01. The number of amides is 2. The monoisotopic (exact) mass is 278 g/mol. The van der Waals surface area contributed by atoms with Gasteiger partial charge in [-0.1, -0.05) is 6.07 Å². The first-order chi connectivity index (χ1) is 9.60. The van der Waals surface area contributed by atoms with E-state index in [0.717, 1.165) is 6.42 Å². The Balaban J connectivity index is 1.95. The van der Waals surface area contributed by atoms with Gasteiger partial charge in [0.25, 0.3) is 0 Å². The largest absolute Gasteiger partial charge is 0.478 e. The topological polar surface area (TPSA) is 78.9 Å². The quantitative estimate of drug-likeness (QED) is 0.881. The molecule has 2 amide bonds. The average Bonchev–Trinajstić information content (AvgIpc) is 2.88. The number of likely N-dealkylation sites (tertiary alicyclic amines) is 1. The van der Waals surface area contributed by atoms with Crippen LogP contribution in [0.3, 0.4) is 0 Å². The molecule has 0 radical (unpaired) electrons. The summed E-state index contributed by atoms with van der Waals surface area (Å²) in [6, 6.07) is 6.01. The maximum Gasteiger partial charge on any atom is 0.335 e. The van der Waals surface area contributed by atoms with Crippen LogP contribution in [0.1, 0.15) is 16.8 Å². The van der Waals surface area contributed by atoms with Gasteiger partial charge in [0.1, 0.15) is 0 Å². The first-order valence-electron chi connectivity index (χ1n) is 6.48. The number of hydrogen-bond donors (Lipinski definition) is 2. The Bertz CT molecular complexity index is 504. The Morgan fingerprint density at radius 3 is 3.00 bits per heavy atom. The van der Waals surface area contributed by atoms with E-state index in [-0.39, 0.29) is 11.6 Å². The highest BCUT2D eigenvalue weighted by Gasteiger charge is 2.26. The Morgan fingerprint density at radius 1 is 1.50 bits per heavy atom. The van der Waals surface area contributed by atoms with Crippen molar-refractivity contribution in [2.45, 2.75) is 6.42 Å². The molecule has 1 aliphatic rings. The number of carboxylic acids is 1. The second-order valence-electron chi connectivity index (χ2n) is 4.87. The number of nitrogens with zero attached hydrogens (tertiary/aromatic N) is 1. The summed E-state index contributed by atoms with van der Waals surface area (Å²) in [7, 11) is 1.65. The number of hydrogen-bond acceptors (Lipinski definition) is 3. The molecule has 108 valence electrons. The molecular weight excluding hydrogens is 260 g/mol. The summed E-state index contributed by atoms with van der Waals surface area (Å²) in [5, 5.41) is 11.6. The second kappa shape index (κ2) is 6.38. The van der Waals surface area contributed by atoms with Crippen molar-refractivity contribution in [3.05, 3.63) is 29.8 Å². The van der Waals surface area contributed by atoms with Crippen LogP contribution < -0.4 is 5.32 Å². The van der Waals surface area contributed by atoms with Gasteiger partial charge in [-0.15, -0.1) is 0 Å². The van der Waals surface area contributed by atoms with Crippen LogP contribution in [-0.4, -0.2) is 48.8 Å². The van der Waals surface area contributed by atoms with Crippen molar-refractivity contribution in [2.24, 2.45) is 5.92 Å². The van der Waals surface area contributed by atoms with Gasteiger partial charge in [-0.2, -0.15) is 0 Å². The first-order valence-corrected chi connectivity index (χ1v) is 6.48. The molecule has 1 aromatic rings. The van der Waals surface area contributed by atoms with Crippen LogP contribution >= 0.6 is 0 Å². The zero-order chi connectivity index (χ0) is 14.5. The number of benzene rings is 1. The highest BCUT2D eigenvalue weighted by atomic mass is 16.5. The van der Waals surface area contributed by atoms with Crippen molar-refractivity contribution < 1.29 is 19.4 Å². The smallest absolute Gasteiger partial charge is 0.335 e. The molecule has 1 aliphatic heterocycles. The van der Waals surface area contributed by atoms with Gasteiger partial charge in [-0.3, -0.25) is 0 Å². The molecule has 2 rings (SSSR count). The van der Waals surface area contributed by atoms with Crippen molar-refractivity contribution >= 4 is 17.7 Å². The van der Waals surface area contributed by atoms with Crippen LogP contribution in [0.2, 0.25) is 0 Å². The molecule has 1 aromatic carbocycles. The molecule has 1 atom stereocenters. The molecule has 2 N–H and O–H groups in total. The second-order valence-corrected chi connectivity index (χ2v) is 4.87. The number of methoxy groups -OCH3 is 1. The Hall–Kier alpha value is -2.08. The fraction of sp³-hybridized carbons (Fsp3) is 0.429. The van der Waals surface area contributed by atoms with Crippen molar-refractivity contribution in [1.29, 1.82) is 0 Å². The third-order valence-electron chi connectivity index (χ3n) is 3.34. The molecule has 1 unspecified atom stereocenters. The Kier molecular flexibility index (Phi) is 4.57. The number of ether oxygens (including phenoxy) is 1. The Morgan fingerprint density at radius 2 is 2.30 bits per heavy atom. The summed E-state index contributed by atoms with van der Waals surface area (Å²) in [6.07, 6.45) is 0.927. The third-order valence-corrected chi connectivity index (χ3v) is 3.34. The molecule has 6 heteroatoms. The standard InChI is InChI=1S/C14H18N2O4/c1-20-9-10-5-6-16(8-10)14(19)15-12-4-2-3-11(7-12)13(17)18/h2-4,7,10H,5-6,8-9H2,1H3,(H,15,19)(H,17,18). The summed E-state index contributed by atoms with van der Waals surface area (Å²) >= 11 is 0. The van der Waals surface area contributed by atoms with E-state index in [4.69, 9.17) is 9.84 Å². The molecule has 20 heavy (non-hydrogen) atoms. The van der Waals surface area contributed by atoms with Crippen molar-refractivity contribution in [1.82, 2.24) is 4.90 Å². The molecule has 0 spiro atoms. The fourth-order valence-electron chi connectivity index (χ4n) is 2.32. The number of rotatable bonds is 4. The predicted molar refractivity (Wildman–Crippen MR) is 74.0 cm³/mol. The van der Waals surface area contributed by atoms with Crippen LogP contribution in [0.25, 0.3) is 0 Å². The maximum atomic E-state index is 12.1. The van der Waals surface area contributed by atoms with E-state index < -0.39 is 5.97 Å². The highest BCUT2D eigenvalue weighted by Crippen LogP contribution is 2.18. The minimum atomic E-state index is -1.01. The number of aromatic carboxylic acids is 1.